The van der Waals surface area contributed by atoms with Gasteiger partial charge in [-0.25, -0.2) is 4.79 Å². The monoisotopic (exact) mass is 310 g/mol. The number of amides is 2. The van der Waals surface area contributed by atoms with E-state index >= 15 is 0 Å². The zero-order chi connectivity index (χ0) is 16.7. The highest BCUT2D eigenvalue weighted by Gasteiger charge is 2.17. The number of urea groups is 1. The molecule has 1 atom stereocenters. The van der Waals surface area contributed by atoms with Crippen LogP contribution in [0.4, 0.5) is 4.79 Å². The first-order chi connectivity index (χ1) is 10.4. The minimum absolute atomic E-state index is 0.194. The van der Waals surface area contributed by atoms with E-state index in [1.54, 1.807) is 39.5 Å². The Kier molecular flexibility index (Phi) is 6.98. The molecule has 0 saturated carbocycles. The lowest BCUT2D eigenvalue weighted by Gasteiger charge is -2.22. The fourth-order valence-corrected chi connectivity index (χ4v) is 1.93. The molecule has 124 valence electrons. The Morgan fingerprint density at radius 3 is 2.45 bits per heavy atom. The van der Waals surface area contributed by atoms with Gasteiger partial charge in [-0.2, -0.15) is 0 Å². The summed E-state index contributed by atoms with van der Waals surface area (Å²) in [5.41, 5.74) is 0.668. The van der Waals surface area contributed by atoms with Gasteiger partial charge in [0, 0.05) is 13.6 Å². The van der Waals surface area contributed by atoms with Gasteiger partial charge in [-0.05, 0) is 23.6 Å². The number of benzene rings is 1. The van der Waals surface area contributed by atoms with Crippen molar-refractivity contribution in [3.05, 3.63) is 23.8 Å². The lowest BCUT2D eigenvalue weighted by atomic mass is 10.1. The molecular formula is C16H26N2O4. The van der Waals surface area contributed by atoms with Crippen molar-refractivity contribution in [2.24, 2.45) is 5.92 Å². The number of rotatable bonds is 7. The number of carbonyl (C=O) groups is 1. The molecule has 0 saturated heterocycles. The lowest BCUT2D eigenvalue weighted by Crippen LogP contribution is -2.40. The molecule has 0 heterocycles. The summed E-state index contributed by atoms with van der Waals surface area (Å²) in [4.78, 5) is 13.4. The van der Waals surface area contributed by atoms with Crippen molar-refractivity contribution in [1.82, 2.24) is 10.2 Å². The van der Waals surface area contributed by atoms with E-state index in [1.807, 2.05) is 13.8 Å². The molecule has 6 heteroatoms. The number of hydrogen-bond donors (Lipinski definition) is 2. The highest BCUT2D eigenvalue weighted by molar-refractivity contribution is 5.73. The van der Waals surface area contributed by atoms with Gasteiger partial charge in [0.15, 0.2) is 11.5 Å². The molecule has 22 heavy (non-hydrogen) atoms. The summed E-state index contributed by atoms with van der Waals surface area (Å²) >= 11 is 0. The first kappa shape index (κ1) is 18.1. The number of aliphatic hydroxyl groups is 1. The van der Waals surface area contributed by atoms with E-state index in [0.717, 1.165) is 0 Å². The molecule has 2 amide bonds. The van der Waals surface area contributed by atoms with Crippen molar-refractivity contribution in [1.29, 1.82) is 0 Å². The van der Waals surface area contributed by atoms with E-state index in [-0.39, 0.29) is 12.6 Å². The Labute approximate surface area is 132 Å². The Balaban J connectivity index is 2.68. The maximum absolute atomic E-state index is 11.9. The summed E-state index contributed by atoms with van der Waals surface area (Å²) in [5, 5.41) is 13.1. The van der Waals surface area contributed by atoms with Crippen LogP contribution in [0, 0.1) is 5.92 Å². The smallest absolute Gasteiger partial charge is 0.317 e. The molecule has 0 spiro atoms. The quantitative estimate of drug-likeness (QED) is 0.808. The first-order valence-electron chi connectivity index (χ1n) is 7.28. The molecule has 1 rings (SSSR count). The number of nitrogens with one attached hydrogen (secondary N) is 1. The predicted molar refractivity (Wildman–Crippen MR) is 85.4 cm³/mol. The summed E-state index contributed by atoms with van der Waals surface area (Å²) < 4.78 is 10.4. The average molecular weight is 310 g/mol. The molecule has 0 aliphatic heterocycles. The van der Waals surface area contributed by atoms with Gasteiger partial charge in [-0.15, -0.1) is 0 Å². The number of carbonyl (C=O) groups excluding carboxylic acids is 1. The molecule has 1 aromatic rings. The van der Waals surface area contributed by atoms with Gasteiger partial charge in [0.1, 0.15) is 0 Å². The summed E-state index contributed by atoms with van der Waals surface area (Å²) in [6.45, 7) is 4.85. The van der Waals surface area contributed by atoms with Crippen LogP contribution in [0.3, 0.4) is 0 Å². The second kappa shape index (κ2) is 8.48. The number of hydrogen-bond acceptors (Lipinski definition) is 4. The van der Waals surface area contributed by atoms with E-state index < -0.39 is 6.10 Å². The predicted octanol–water partition coefficient (Wildman–Crippen LogP) is 2.03. The van der Waals surface area contributed by atoms with Crippen LogP contribution >= 0.6 is 0 Å². The number of aliphatic hydroxyl groups excluding tert-OH is 1. The zero-order valence-corrected chi connectivity index (χ0v) is 13.9. The molecule has 2 N–H and O–H groups in total. The molecule has 0 fully saturated rings. The molecule has 1 aromatic carbocycles. The first-order valence-corrected chi connectivity index (χ1v) is 7.28. The van der Waals surface area contributed by atoms with Crippen LogP contribution in [0.15, 0.2) is 18.2 Å². The fraction of sp³-hybridized carbons (Fsp3) is 0.562. The highest BCUT2D eigenvalue weighted by atomic mass is 16.5. The van der Waals surface area contributed by atoms with Crippen LogP contribution in [-0.2, 0) is 0 Å². The van der Waals surface area contributed by atoms with E-state index in [9.17, 15) is 9.90 Å². The molecular weight excluding hydrogens is 284 g/mol. The van der Waals surface area contributed by atoms with E-state index in [2.05, 4.69) is 5.32 Å². The molecule has 1 unspecified atom stereocenters. The maximum atomic E-state index is 11.9. The summed E-state index contributed by atoms with van der Waals surface area (Å²) in [5.74, 6) is 1.53. The molecule has 0 aliphatic carbocycles. The molecule has 0 aromatic heterocycles. The summed E-state index contributed by atoms with van der Waals surface area (Å²) in [6.07, 6.45) is -0.797. The van der Waals surface area contributed by atoms with E-state index in [0.29, 0.717) is 29.5 Å². The van der Waals surface area contributed by atoms with E-state index in [4.69, 9.17) is 9.47 Å². The molecule has 6 nitrogen and oxygen atoms in total. The van der Waals surface area contributed by atoms with Crippen LogP contribution < -0.4 is 14.8 Å². The topological polar surface area (TPSA) is 71.0 Å². The highest BCUT2D eigenvalue weighted by Crippen LogP contribution is 2.30. The normalized spacial score (nSPS) is 12.0. The second-order valence-electron chi connectivity index (χ2n) is 5.59. The van der Waals surface area contributed by atoms with Crippen molar-refractivity contribution in [2.75, 3.05) is 34.4 Å². The van der Waals surface area contributed by atoms with Gasteiger partial charge in [-0.3, -0.25) is 0 Å². The lowest BCUT2D eigenvalue weighted by molar-refractivity contribution is 0.131. The van der Waals surface area contributed by atoms with Gasteiger partial charge in [0.05, 0.1) is 26.9 Å². The summed E-state index contributed by atoms with van der Waals surface area (Å²) in [7, 11) is 4.75. The standard InChI is InChI=1S/C16H26N2O4/c1-11(2)9-17-16(20)18(3)10-13(19)12-6-7-14(21-4)15(8-12)22-5/h6-8,11,13,19H,9-10H2,1-5H3,(H,17,20). The Bertz CT molecular complexity index is 491. The third-order valence-electron chi connectivity index (χ3n) is 3.25. The largest absolute Gasteiger partial charge is 0.493 e. The van der Waals surface area contributed by atoms with Crippen molar-refractivity contribution in [3.8, 4) is 11.5 Å². The van der Waals surface area contributed by atoms with Gasteiger partial charge < -0.3 is 24.8 Å². The van der Waals surface area contributed by atoms with Crippen LogP contribution in [-0.4, -0.2) is 50.4 Å². The third-order valence-corrected chi connectivity index (χ3v) is 3.25. The van der Waals surface area contributed by atoms with E-state index in [1.165, 1.54) is 4.90 Å². The van der Waals surface area contributed by atoms with Crippen LogP contribution in [0.2, 0.25) is 0 Å². The number of ether oxygens (including phenoxy) is 2. The van der Waals surface area contributed by atoms with Crippen LogP contribution in [0.25, 0.3) is 0 Å². The second-order valence-corrected chi connectivity index (χ2v) is 5.59. The van der Waals surface area contributed by atoms with Gasteiger partial charge in [0.25, 0.3) is 0 Å². The van der Waals surface area contributed by atoms with Crippen molar-refractivity contribution < 1.29 is 19.4 Å². The van der Waals surface area contributed by atoms with Crippen molar-refractivity contribution >= 4 is 6.03 Å². The Morgan fingerprint density at radius 2 is 1.91 bits per heavy atom. The van der Waals surface area contributed by atoms with Crippen molar-refractivity contribution in [2.45, 2.75) is 20.0 Å². The van der Waals surface area contributed by atoms with Crippen LogP contribution in [0.5, 0.6) is 11.5 Å². The third kappa shape index (κ3) is 5.11. The molecule has 0 bridgehead atoms. The summed E-state index contributed by atoms with van der Waals surface area (Å²) in [6, 6.07) is 5.00. The number of likely N-dealkylation sites (N-methyl/N-ethyl adjacent to an activating group) is 1. The zero-order valence-electron chi connectivity index (χ0n) is 13.9. The minimum atomic E-state index is -0.797. The van der Waals surface area contributed by atoms with Gasteiger partial charge in [0.2, 0.25) is 0 Å². The SMILES string of the molecule is COc1ccc(C(O)CN(C)C(=O)NCC(C)C)cc1OC. The van der Waals surface area contributed by atoms with Gasteiger partial charge >= 0.3 is 6.03 Å². The minimum Gasteiger partial charge on any atom is -0.493 e. The Hall–Kier alpha value is -1.95. The maximum Gasteiger partial charge on any atom is 0.317 e. The number of methoxy groups -OCH3 is 2. The van der Waals surface area contributed by atoms with Crippen LogP contribution in [0.1, 0.15) is 25.5 Å². The Morgan fingerprint density at radius 1 is 1.27 bits per heavy atom. The molecule has 0 aliphatic rings. The molecule has 0 radical (unpaired) electrons. The average Bonchev–Trinajstić information content (AvgIpc) is 2.51. The number of nitrogens with zero attached hydrogens (tertiary/aromatic N) is 1. The fourth-order valence-electron chi connectivity index (χ4n) is 1.93. The van der Waals surface area contributed by atoms with Crippen molar-refractivity contribution in [3.63, 3.8) is 0 Å². The van der Waals surface area contributed by atoms with Gasteiger partial charge in [-0.1, -0.05) is 19.9 Å².